The summed E-state index contributed by atoms with van der Waals surface area (Å²) in [5, 5.41) is 0. The summed E-state index contributed by atoms with van der Waals surface area (Å²) in [5.74, 6) is 2.18. The van der Waals surface area contributed by atoms with Gasteiger partial charge >= 0.3 is 0 Å². The van der Waals surface area contributed by atoms with Gasteiger partial charge in [-0.05, 0) is 74.6 Å². The van der Waals surface area contributed by atoms with Gasteiger partial charge in [0.05, 0.1) is 12.7 Å². The lowest BCUT2D eigenvalue weighted by molar-refractivity contribution is -0.201. The Balaban J connectivity index is 1.37. The molecule has 0 unspecified atom stereocenters. The minimum Gasteiger partial charge on any atom is -0.496 e. The molecule has 2 bridgehead atoms. The Hall–Kier alpha value is -2.17. The number of hydrogen-bond donors (Lipinski definition) is 0. The third kappa shape index (κ3) is 3.61. The zero-order valence-corrected chi connectivity index (χ0v) is 20.4. The molecule has 2 saturated carbocycles. The highest BCUT2D eigenvalue weighted by Crippen LogP contribution is 2.61. The molecule has 180 valence electrons. The number of ketones is 1. The highest BCUT2D eigenvalue weighted by atomic mass is 16.5. The summed E-state index contributed by atoms with van der Waals surface area (Å²) < 4.78 is 13.1. The second kappa shape index (κ2) is 8.80. The van der Waals surface area contributed by atoms with Crippen LogP contribution in [0.25, 0.3) is 0 Å². The van der Waals surface area contributed by atoms with Crippen molar-refractivity contribution in [1.29, 1.82) is 0 Å². The SMILES string of the molecule is COc1cccc2c1[C@]13CCN(CC4CC4)[C@H](C2)[C@]1(OCCCc1ccccc1)CCC(=O)C3. The molecule has 3 fully saturated rings. The maximum absolute atomic E-state index is 13.0. The van der Waals surface area contributed by atoms with Gasteiger partial charge in [0.25, 0.3) is 0 Å². The molecule has 1 aliphatic heterocycles. The fourth-order valence-corrected chi connectivity index (χ4v) is 7.43. The Kier molecular flexibility index (Phi) is 5.77. The first kappa shape index (κ1) is 22.3. The van der Waals surface area contributed by atoms with Gasteiger partial charge < -0.3 is 9.47 Å². The molecule has 2 aromatic rings. The molecule has 6 rings (SSSR count). The zero-order chi connectivity index (χ0) is 23.2. The van der Waals surface area contributed by atoms with Gasteiger partial charge in [-0.3, -0.25) is 9.69 Å². The predicted molar refractivity (Wildman–Crippen MR) is 133 cm³/mol. The average molecular weight is 460 g/mol. The number of piperidine rings is 1. The van der Waals surface area contributed by atoms with Crippen LogP contribution >= 0.6 is 0 Å². The van der Waals surface area contributed by atoms with E-state index in [1.165, 1.54) is 36.1 Å². The Morgan fingerprint density at radius 3 is 2.71 bits per heavy atom. The van der Waals surface area contributed by atoms with E-state index in [1.807, 2.05) is 0 Å². The van der Waals surface area contributed by atoms with Crippen molar-refractivity contribution in [2.75, 3.05) is 26.8 Å². The highest BCUT2D eigenvalue weighted by Gasteiger charge is 2.67. The van der Waals surface area contributed by atoms with Gasteiger partial charge in [-0.15, -0.1) is 0 Å². The molecule has 3 aliphatic carbocycles. The number of methoxy groups -OCH3 is 1. The van der Waals surface area contributed by atoms with Crippen LogP contribution in [-0.4, -0.2) is 49.1 Å². The van der Waals surface area contributed by atoms with Crippen LogP contribution in [0, 0.1) is 5.92 Å². The monoisotopic (exact) mass is 459 g/mol. The first-order valence-corrected chi connectivity index (χ1v) is 13.3. The fourth-order valence-electron chi connectivity index (χ4n) is 7.43. The van der Waals surface area contributed by atoms with Gasteiger partial charge in [0.15, 0.2) is 0 Å². The van der Waals surface area contributed by atoms with Gasteiger partial charge in [0.1, 0.15) is 11.5 Å². The van der Waals surface area contributed by atoms with Gasteiger partial charge in [0, 0.05) is 43.0 Å². The standard InChI is InChI=1S/C30H37NO3/c1-33-26-11-5-10-24-19-27-30(34-18-6-9-22-7-3-2-4-8-22)15-14-25(32)20-29(30,28(24)26)16-17-31(27)21-23-12-13-23/h2-5,7-8,10-11,23,27H,6,9,12-21H2,1H3/t27-,29-,30-/m1/s1. The number of rotatable bonds is 8. The first-order valence-electron chi connectivity index (χ1n) is 13.3. The van der Waals surface area contributed by atoms with Crippen LogP contribution in [0.5, 0.6) is 5.75 Å². The fraction of sp³-hybridized carbons (Fsp3) is 0.567. The highest BCUT2D eigenvalue weighted by molar-refractivity contribution is 5.83. The van der Waals surface area contributed by atoms with E-state index in [4.69, 9.17) is 9.47 Å². The minimum atomic E-state index is -0.313. The summed E-state index contributed by atoms with van der Waals surface area (Å²) in [7, 11) is 1.77. The quantitative estimate of drug-likeness (QED) is 0.514. The Morgan fingerprint density at radius 1 is 1.06 bits per heavy atom. The van der Waals surface area contributed by atoms with Gasteiger partial charge in [-0.25, -0.2) is 0 Å². The molecule has 0 radical (unpaired) electrons. The average Bonchev–Trinajstić information content (AvgIpc) is 3.68. The molecular weight excluding hydrogens is 422 g/mol. The third-order valence-corrected chi connectivity index (χ3v) is 9.12. The van der Waals surface area contributed by atoms with Crippen molar-refractivity contribution in [3.05, 3.63) is 65.2 Å². The lowest BCUT2D eigenvalue weighted by Gasteiger charge is -2.65. The first-order chi connectivity index (χ1) is 16.6. The largest absolute Gasteiger partial charge is 0.496 e. The number of ether oxygens (including phenoxy) is 2. The van der Waals surface area contributed by atoms with E-state index in [1.54, 1.807) is 7.11 Å². The summed E-state index contributed by atoms with van der Waals surface area (Å²) in [5.41, 5.74) is 3.41. The van der Waals surface area contributed by atoms with Crippen LogP contribution in [0.1, 0.15) is 61.6 Å². The lowest BCUT2D eigenvalue weighted by Crippen LogP contribution is -2.74. The summed E-state index contributed by atoms with van der Waals surface area (Å²) in [6.07, 6.45) is 8.79. The second-order valence-electron chi connectivity index (χ2n) is 11.0. The van der Waals surface area contributed by atoms with Crippen molar-refractivity contribution >= 4 is 5.78 Å². The number of Topliss-reactive ketones (excluding diaryl/α,β-unsaturated/α-hetero) is 1. The van der Waals surface area contributed by atoms with Gasteiger partial charge in [-0.2, -0.15) is 0 Å². The van der Waals surface area contributed by atoms with E-state index in [0.29, 0.717) is 24.7 Å². The molecule has 0 spiro atoms. The number of benzene rings is 2. The number of carbonyl (C=O) groups excluding carboxylic acids is 1. The molecule has 4 nitrogen and oxygen atoms in total. The smallest absolute Gasteiger partial charge is 0.134 e. The molecule has 4 heteroatoms. The molecule has 3 atom stereocenters. The van der Waals surface area contributed by atoms with Crippen molar-refractivity contribution in [3.63, 3.8) is 0 Å². The van der Waals surface area contributed by atoms with Crippen molar-refractivity contribution in [3.8, 4) is 5.75 Å². The molecule has 34 heavy (non-hydrogen) atoms. The number of hydrogen-bond acceptors (Lipinski definition) is 4. The molecule has 1 heterocycles. The van der Waals surface area contributed by atoms with Crippen LogP contribution < -0.4 is 4.74 Å². The summed E-state index contributed by atoms with van der Waals surface area (Å²) in [6, 6.07) is 17.5. The summed E-state index contributed by atoms with van der Waals surface area (Å²) >= 11 is 0. The maximum atomic E-state index is 13.0. The van der Waals surface area contributed by atoms with E-state index in [-0.39, 0.29) is 11.0 Å². The van der Waals surface area contributed by atoms with Gasteiger partial charge in [0.2, 0.25) is 0 Å². The Morgan fingerprint density at radius 2 is 1.91 bits per heavy atom. The van der Waals surface area contributed by atoms with Crippen LogP contribution in [0.4, 0.5) is 0 Å². The zero-order valence-electron chi connectivity index (χ0n) is 20.4. The molecule has 0 aromatic heterocycles. The number of aryl methyl sites for hydroxylation is 1. The van der Waals surface area contributed by atoms with E-state index in [0.717, 1.165) is 56.9 Å². The summed E-state index contributed by atoms with van der Waals surface area (Å²) in [4.78, 5) is 15.8. The number of nitrogens with zero attached hydrogens (tertiary/aromatic N) is 1. The molecule has 0 N–H and O–H groups in total. The second-order valence-corrected chi connectivity index (χ2v) is 11.0. The van der Waals surface area contributed by atoms with Gasteiger partial charge in [-0.1, -0.05) is 42.5 Å². The number of fused-ring (bicyclic) bond motifs is 1. The molecule has 0 amide bonds. The lowest BCUT2D eigenvalue weighted by atomic mass is 9.49. The predicted octanol–water partition coefficient (Wildman–Crippen LogP) is 5.11. The number of likely N-dealkylation sites (tertiary alicyclic amines) is 1. The van der Waals surface area contributed by atoms with E-state index in [2.05, 4.69) is 53.4 Å². The van der Waals surface area contributed by atoms with Crippen LogP contribution in [0.15, 0.2) is 48.5 Å². The van der Waals surface area contributed by atoms with Crippen molar-refractivity contribution in [2.24, 2.45) is 5.92 Å². The molecular formula is C30H37NO3. The van der Waals surface area contributed by atoms with Crippen LogP contribution in [-0.2, 0) is 27.8 Å². The van der Waals surface area contributed by atoms with Crippen LogP contribution in [0.3, 0.4) is 0 Å². The topological polar surface area (TPSA) is 38.8 Å². The molecule has 4 aliphatic rings. The van der Waals surface area contributed by atoms with Crippen LogP contribution in [0.2, 0.25) is 0 Å². The summed E-state index contributed by atoms with van der Waals surface area (Å²) in [6.45, 7) is 2.98. The minimum absolute atomic E-state index is 0.278. The van der Waals surface area contributed by atoms with E-state index in [9.17, 15) is 4.79 Å². The Labute approximate surface area is 203 Å². The van der Waals surface area contributed by atoms with E-state index >= 15 is 0 Å². The van der Waals surface area contributed by atoms with E-state index < -0.39 is 0 Å². The molecule has 2 aromatic carbocycles. The Bertz CT molecular complexity index is 1050. The van der Waals surface area contributed by atoms with Crippen molar-refractivity contribution in [2.45, 2.75) is 74.8 Å². The molecule has 1 saturated heterocycles. The number of carbonyl (C=O) groups is 1. The van der Waals surface area contributed by atoms with Crippen molar-refractivity contribution in [1.82, 2.24) is 4.90 Å². The van der Waals surface area contributed by atoms with Crippen molar-refractivity contribution < 1.29 is 14.3 Å². The third-order valence-electron chi connectivity index (χ3n) is 9.12. The normalized spacial score (nSPS) is 30.5. The maximum Gasteiger partial charge on any atom is 0.134 e.